The summed E-state index contributed by atoms with van der Waals surface area (Å²) in [4.78, 5) is 0. The predicted molar refractivity (Wildman–Crippen MR) is 39.2 cm³/mol. The van der Waals surface area contributed by atoms with E-state index in [1.807, 2.05) is 0 Å². The van der Waals surface area contributed by atoms with Gasteiger partial charge in [-0.2, -0.15) is 13.2 Å². The van der Waals surface area contributed by atoms with Gasteiger partial charge >= 0.3 is 6.18 Å². The molecule has 0 nitrogen and oxygen atoms in total. The topological polar surface area (TPSA) is 0 Å². The zero-order valence-electron chi connectivity index (χ0n) is 7.37. The van der Waals surface area contributed by atoms with Crippen LogP contribution in [0.25, 0.3) is 0 Å². The molecule has 0 bridgehead atoms. The normalized spacial score (nSPS) is 13.6. The average Bonchev–Trinajstić information content (AvgIpc) is 1.54. The first-order valence-electron chi connectivity index (χ1n) is 3.83. The van der Waals surface area contributed by atoms with Crippen molar-refractivity contribution >= 4 is 0 Å². The SMILES string of the molecule is CC(C)C(C(C)C)C(F)(F)F. The van der Waals surface area contributed by atoms with E-state index >= 15 is 0 Å². The fraction of sp³-hybridized carbons (Fsp3) is 1.00. The van der Waals surface area contributed by atoms with Crippen molar-refractivity contribution in [3.63, 3.8) is 0 Å². The molecule has 0 saturated carbocycles. The van der Waals surface area contributed by atoms with Gasteiger partial charge in [0.2, 0.25) is 0 Å². The molecule has 0 spiro atoms. The van der Waals surface area contributed by atoms with Crippen LogP contribution >= 0.6 is 0 Å². The van der Waals surface area contributed by atoms with Crippen molar-refractivity contribution in [2.75, 3.05) is 0 Å². The molecular weight excluding hydrogens is 153 g/mol. The third-order valence-electron chi connectivity index (χ3n) is 1.81. The Morgan fingerprint density at radius 1 is 0.818 bits per heavy atom. The highest BCUT2D eigenvalue weighted by Crippen LogP contribution is 2.36. The van der Waals surface area contributed by atoms with Gasteiger partial charge in [-0.15, -0.1) is 0 Å². The maximum atomic E-state index is 12.2. The zero-order valence-corrected chi connectivity index (χ0v) is 7.37. The van der Waals surface area contributed by atoms with E-state index in [0.29, 0.717) is 0 Å². The molecule has 0 fully saturated rings. The van der Waals surface area contributed by atoms with Crippen molar-refractivity contribution in [1.29, 1.82) is 0 Å². The van der Waals surface area contributed by atoms with E-state index in [0.717, 1.165) is 0 Å². The monoisotopic (exact) mass is 168 g/mol. The summed E-state index contributed by atoms with van der Waals surface area (Å²) in [6.07, 6.45) is -4.04. The minimum atomic E-state index is -4.04. The van der Waals surface area contributed by atoms with Gasteiger partial charge in [-0.1, -0.05) is 27.7 Å². The fourth-order valence-electron chi connectivity index (χ4n) is 1.53. The van der Waals surface area contributed by atoms with Crippen molar-refractivity contribution in [3.8, 4) is 0 Å². The van der Waals surface area contributed by atoms with Crippen molar-refractivity contribution in [3.05, 3.63) is 0 Å². The van der Waals surface area contributed by atoms with Gasteiger partial charge in [-0.25, -0.2) is 0 Å². The smallest absolute Gasteiger partial charge is 0.171 e. The molecular formula is C8H15F3. The Hall–Kier alpha value is -0.210. The summed E-state index contributed by atoms with van der Waals surface area (Å²) >= 11 is 0. The third-order valence-corrected chi connectivity index (χ3v) is 1.81. The Morgan fingerprint density at radius 2 is 1.09 bits per heavy atom. The van der Waals surface area contributed by atoms with Crippen LogP contribution in [0.3, 0.4) is 0 Å². The van der Waals surface area contributed by atoms with E-state index in [9.17, 15) is 13.2 Å². The summed E-state index contributed by atoms with van der Waals surface area (Å²) in [6, 6.07) is 0. The van der Waals surface area contributed by atoms with Crippen molar-refractivity contribution in [1.82, 2.24) is 0 Å². The van der Waals surface area contributed by atoms with Gasteiger partial charge in [0.15, 0.2) is 0 Å². The number of hydrogen-bond acceptors (Lipinski definition) is 0. The molecule has 0 aliphatic rings. The average molecular weight is 168 g/mol. The lowest BCUT2D eigenvalue weighted by molar-refractivity contribution is -0.197. The lowest BCUT2D eigenvalue weighted by Crippen LogP contribution is -2.31. The Labute approximate surface area is 65.8 Å². The molecule has 0 amide bonds. The molecule has 0 aromatic rings. The Kier molecular flexibility index (Phi) is 3.39. The minimum absolute atomic E-state index is 0.324. The van der Waals surface area contributed by atoms with Gasteiger partial charge in [0, 0.05) is 0 Å². The molecule has 11 heavy (non-hydrogen) atoms. The molecule has 68 valence electrons. The third kappa shape index (κ3) is 3.12. The van der Waals surface area contributed by atoms with Crippen LogP contribution in [0.15, 0.2) is 0 Å². The molecule has 0 saturated heterocycles. The van der Waals surface area contributed by atoms with Gasteiger partial charge in [0.05, 0.1) is 5.92 Å². The highest BCUT2D eigenvalue weighted by Gasteiger charge is 2.43. The highest BCUT2D eigenvalue weighted by atomic mass is 19.4. The van der Waals surface area contributed by atoms with Gasteiger partial charge < -0.3 is 0 Å². The van der Waals surface area contributed by atoms with Crippen LogP contribution in [0.5, 0.6) is 0 Å². The molecule has 0 atom stereocenters. The van der Waals surface area contributed by atoms with E-state index < -0.39 is 12.1 Å². The maximum Gasteiger partial charge on any atom is 0.392 e. The minimum Gasteiger partial charge on any atom is -0.171 e. The predicted octanol–water partition coefficient (Wildman–Crippen LogP) is 3.48. The summed E-state index contributed by atoms with van der Waals surface area (Å²) < 4.78 is 36.7. The summed E-state index contributed by atoms with van der Waals surface area (Å²) in [6.45, 7) is 6.44. The zero-order chi connectivity index (χ0) is 9.23. The van der Waals surface area contributed by atoms with Gasteiger partial charge in [0.25, 0.3) is 0 Å². The summed E-state index contributed by atoms with van der Waals surface area (Å²) in [5.41, 5.74) is 0. The van der Waals surface area contributed by atoms with Crippen LogP contribution in [0, 0.1) is 17.8 Å². The van der Waals surface area contributed by atoms with Crippen LogP contribution in [0.1, 0.15) is 27.7 Å². The molecule has 0 unspecified atom stereocenters. The number of alkyl halides is 3. The van der Waals surface area contributed by atoms with E-state index in [4.69, 9.17) is 0 Å². The van der Waals surface area contributed by atoms with E-state index in [-0.39, 0.29) is 11.8 Å². The van der Waals surface area contributed by atoms with E-state index in [1.165, 1.54) is 0 Å². The van der Waals surface area contributed by atoms with Crippen molar-refractivity contribution in [2.24, 2.45) is 17.8 Å². The molecule has 0 aromatic carbocycles. The van der Waals surface area contributed by atoms with Crippen LogP contribution < -0.4 is 0 Å². The van der Waals surface area contributed by atoms with Gasteiger partial charge in [0.1, 0.15) is 0 Å². The van der Waals surface area contributed by atoms with Crippen LogP contribution in [0.4, 0.5) is 13.2 Å². The molecule has 0 aromatic heterocycles. The van der Waals surface area contributed by atoms with Crippen molar-refractivity contribution < 1.29 is 13.2 Å². The molecule has 3 heteroatoms. The first kappa shape index (κ1) is 10.8. The number of hydrogen-bond donors (Lipinski definition) is 0. The van der Waals surface area contributed by atoms with Gasteiger partial charge in [-0.3, -0.25) is 0 Å². The van der Waals surface area contributed by atoms with Gasteiger partial charge in [-0.05, 0) is 11.8 Å². The van der Waals surface area contributed by atoms with Crippen molar-refractivity contribution in [2.45, 2.75) is 33.9 Å². The summed E-state index contributed by atoms with van der Waals surface area (Å²) in [7, 11) is 0. The van der Waals surface area contributed by atoms with E-state index in [2.05, 4.69) is 0 Å². The quantitative estimate of drug-likeness (QED) is 0.592. The largest absolute Gasteiger partial charge is 0.392 e. The molecule has 0 aliphatic carbocycles. The second-order valence-corrected chi connectivity index (χ2v) is 3.56. The highest BCUT2D eigenvalue weighted by molar-refractivity contribution is 4.73. The molecule has 0 heterocycles. The lowest BCUT2D eigenvalue weighted by atomic mass is 9.85. The molecule has 0 rings (SSSR count). The first-order chi connectivity index (χ1) is 4.76. The van der Waals surface area contributed by atoms with Crippen LogP contribution in [-0.2, 0) is 0 Å². The van der Waals surface area contributed by atoms with Crippen LogP contribution in [-0.4, -0.2) is 6.18 Å². The number of rotatable bonds is 2. The maximum absolute atomic E-state index is 12.2. The van der Waals surface area contributed by atoms with Crippen LogP contribution in [0.2, 0.25) is 0 Å². The molecule has 0 aliphatic heterocycles. The Balaban J connectivity index is 4.35. The fourth-order valence-corrected chi connectivity index (χ4v) is 1.53. The summed E-state index contributed by atoms with van der Waals surface area (Å²) in [5, 5.41) is 0. The molecule has 0 N–H and O–H groups in total. The standard InChI is InChI=1S/C8H15F3/c1-5(2)7(6(3)4)8(9,10)11/h5-7H,1-4H3. The van der Waals surface area contributed by atoms with E-state index in [1.54, 1.807) is 27.7 Å². The lowest BCUT2D eigenvalue weighted by Gasteiger charge is -2.26. The molecule has 0 radical (unpaired) electrons. The number of halogens is 3. The Bertz CT molecular complexity index is 105. The Morgan fingerprint density at radius 3 is 1.09 bits per heavy atom. The first-order valence-corrected chi connectivity index (χ1v) is 3.83. The summed E-state index contributed by atoms with van der Waals surface area (Å²) in [5.74, 6) is -1.81. The second-order valence-electron chi connectivity index (χ2n) is 3.56. The second kappa shape index (κ2) is 3.46.